The van der Waals surface area contributed by atoms with Crippen LogP contribution in [0.2, 0.25) is 0 Å². The van der Waals surface area contributed by atoms with E-state index in [9.17, 15) is 0 Å². The van der Waals surface area contributed by atoms with Crippen molar-refractivity contribution in [1.82, 2.24) is 0 Å². The zero-order valence-electron chi connectivity index (χ0n) is 63.6. The van der Waals surface area contributed by atoms with Gasteiger partial charge in [0.1, 0.15) is 11.6 Å². The second-order valence-corrected chi connectivity index (χ2v) is 32.4. The minimum atomic E-state index is -0.420. The highest BCUT2D eigenvalue weighted by molar-refractivity contribution is 6.31. The fourth-order valence-corrected chi connectivity index (χ4v) is 18.0. The van der Waals surface area contributed by atoms with Gasteiger partial charge in [-0.1, -0.05) is 266 Å². The number of hydrogen-bond donors (Lipinski definition) is 0. The van der Waals surface area contributed by atoms with E-state index in [1.54, 1.807) is 12.1 Å². The predicted molar refractivity (Wildman–Crippen MR) is 473 cm³/mol. The van der Waals surface area contributed by atoms with Crippen molar-refractivity contribution in [2.45, 2.75) is 52.4 Å². The van der Waals surface area contributed by atoms with E-state index < -0.39 is 5.82 Å². The molecule has 7 heteroatoms. The Bertz CT molecular complexity index is 6980. The van der Waals surface area contributed by atoms with Gasteiger partial charge in [0.05, 0.1) is 34.1 Å². The lowest BCUT2D eigenvalue weighted by Crippen LogP contribution is -2.18. The number of halogens is 2. The van der Waals surface area contributed by atoms with Gasteiger partial charge in [0.25, 0.3) is 0 Å². The molecule has 21 rings (SSSR count). The second kappa shape index (κ2) is 25.9. The summed E-state index contributed by atoms with van der Waals surface area (Å²) in [6.45, 7) is 13.6. The van der Waals surface area contributed by atoms with Crippen molar-refractivity contribution < 1.29 is 8.78 Å². The third kappa shape index (κ3) is 11.1. The van der Waals surface area contributed by atoms with Crippen LogP contribution in [0.5, 0.6) is 0 Å². The minimum absolute atomic E-state index is 0.0832. The molecule has 19 aromatic carbocycles. The molecule has 2 aliphatic rings. The zero-order chi connectivity index (χ0) is 76.1. The van der Waals surface area contributed by atoms with E-state index in [1.165, 1.54) is 38.7 Å². The second-order valence-electron chi connectivity index (χ2n) is 32.4. The third-order valence-electron chi connectivity index (χ3n) is 23.5. The topological polar surface area (TPSA) is 16.2 Å². The lowest BCUT2D eigenvalue weighted by molar-refractivity contribution is 0.591. The molecule has 0 fully saturated rings. The largest absolute Gasteiger partial charge is 0.310 e. The van der Waals surface area contributed by atoms with Crippen molar-refractivity contribution in [2.24, 2.45) is 0 Å². The van der Waals surface area contributed by atoms with Gasteiger partial charge in [0, 0.05) is 83.5 Å². The fraction of sp³-hybridized carbons (Fsp3) is 0.0755. The molecule has 0 saturated heterocycles. The highest BCUT2D eigenvalue weighted by atomic mass is 19.1. The fourth-order valence-electron chi connectivity index (χ4n) is 18.0. The molecule has 0 N–H and O–H groups in total. The number of hydrogen-bond acceptors (Lipinski definition) is 5. The smallest absolute Gasteiger partial charge is 0.147 e. The van der Waals surface area contributed by atoms with Gasteiger partial charge in [-0.25, -0.2) is 8.78 Å². The van der Waals surface area contributed by atoms with Crippen LogP contribution in [-0.4, -0.2) is 0 Å². The average Bonchev–Trinajstić information content (AvgIpc) is 0.925. The monoisotopic (exact) mass is 1460 g/mol. The van der Waals surface area contributed by atoms with Gasteiger partial charge in [0.15, 0.2) is 0 Å². The summed E-state index contributed by atoms with van der Waals surface area (Å²) < 4.78 is 36.3. The van der Waals surface area contributed by atoms with Crippen LogP contribution in [0.15, 0.2) is 358 Å². The molecule has 0 spiro atoms. The van der Waals surface area contributed by atoms with Gasteiger partial charge in [-0.2, -0.15) is 0 Å². The summed E-state index contributed by atoms with van der Waals surface area (Å²) in [7, 11) is 0. The third-order valence-corrected chi connectivity index (χ3v) is 23.5. The quantitative estimate of drug-likeness (QED) is 0.154. The van der Waals surface area contributed by atoms with Gasteiger partial charge in [-0.05, 0) is 232 Å². The Kier molecular flexibility index (Phi) is 15.4. The van der Waals surface area contributed by atoms with E-state index in [1.807, 2.05) is 42.5 Å². The standard InChI is InChI=1S/C106H77F2N5/c1-105(2,3)74-55-70-43-50-89-97-64-98(90-51-44-71(56-74)101(70)103(89)90)111(80-30-20-24-69(60-80)86-36-14-16-38-88(86)87-37-15-13-35-85(87)68-23-19-29-79(59-68)110(97)77-27-11-8-12-28-77)78-48-41-66(42-49-78)67-47-54-96(94(108)61-67)113-84-34-22-32-82(63-84)109(76-25-9-7-10-26-76)81-31-21-33-83(62-81)112(95-40-18-17-39-93(95)107)99-65-100(113)92-53-46-73-58-75(106(4,5)6)57-72-45-52-91(99)104(92)102(72)73/h7-65H,1-6H3. The summed E-state index contributed by atoms with van der Waals surface area (Å²) in [5, 5.41) is 13.2. The van der Waals surface area contributed by atoms with Gasteiger partial charge in [0.2, 0.25) is 0 Å². The summed E-state index contributed by atoms with van der Waals surface area (Å²) in [6.07, 6.45) is 0. The molecule has 0 amide bonds. The average molecular weight is 1460 g/mol. The van der Waals surface area contributed by atoms with Crippen LogP contribution in [0.4, 0.5) is 94.1 Å². The van der Waals surface area contributed by atoms with Crippen molar-refractivity contribution in [1.29, 1.82) is 0 Å². The first kappa shape index (κ1) is 67.3. The van der Waals surface area contributed by atoms with Crippen molar-refractivity contribution >= 4 is 150 Å². The summed E-state index contributed by atoms with van der Waals surface area (Å²) in [5.41, 5.74) is 22.9. The highest BCUT2D eigenvalue weighted by Crippen LogP contribution is 2.56. The van der Waals surface area contributed by atoms with Gasteiger partial charge in [-0.3, -0.25) is 0 Å². The van der Waals surface area contributed by atoms with Crippen molar-refractivity contribution in [3.8, 4) is 44.5 Å². The van der Waals surface area contributed by atoms with E-state index in [0.29, 0.717) is 16.9 Å². The molecule has 0 unspecified atom stereocenters. The molecule has 0 atom stereocenters. The Morgan fingerprint density at radius 1 is 0.195 bits per heavy atom. The summed E-state index contributed by atoms with van der Waals surface area (Å²) in [5.74, 6) is -0.796. The lowest BCUT2D eigenvalue weighted by Gasteiger charge is -2.35. The van der Waals surface area contributed by atoms with Crippen LogP contribution < -0.4 is 24.5 Å². The zero-order valence-corrected chi connectivity index (χ0v) is 63.6. The van der Waals surface area contributed by atoms with E-state index in [0.717, 1.165) is 156 Å². The van der Waals surface area contributed by atoms with Gasteiger partial charge >= 0.3 is 0 Å². The maximum absolute atomic E-state index is 19.0. The molecule has 540 valence electrons. The molecule has 5 nitrogen and oxygen atoms in total. The lowest BCUT2D eigenvalue weighted by atomic mass is 9.83. The molecule has 113 heavy (non-hydrogen) atoms. The van der Waals surface area contributed by atoms with E-state index >= 15 is 8.78 Å². The molecule has 0 radical (unpaired) electrons. The molecular formula is C106H77F2N5. The van der Waals surface area contributed by atoms with E-state index in [2.05, 4.69) is 363 Å². The number of fused-ring (bicyclic) bond motifs is 21. The van der Waals surface area contributed by atoms with Gasteiger partial charge < -0.3 is 24.5 Å². The highest BCUT2D eigenvalue weighted by Gasteiger charge is 2.32. The Morgan fingerprint density at radius 3 is 0.956 bits per heavy atom. The Balaban J connectivity index is 0.779. The van der Waals surface area contributed by atoms with E-state index in [-0.39, 0.29) is 16.6 Å². The molecule has 0 saturated carbocycles. The van der Waals surface area contributed by atoms with Gasteiger partial charge in [-0.15, -0.1) is 0 Å². The summed E-state index contributed by atoms with van der Waals surface area (Å²) in [6, 6.07) is 127. The molecule has 12 bridgehead atoms. The minimum Gasteiger partial charge on any atom is -0.310 e. The number of anilines is 15. The van der Waals surface area contributed by atoms with Crippen LogP contribution in [0.25, 0.3) is 109 Å². The predicted octanol–water partition coefficient (Wildman–Crippen LogP) is 31.0. The molecule has 2 heterocycles. The first-order valence-electron chi connectivity index (χ1n) is 39.0. The Hall–Kier alpha value is -13.9. The number of rotatable bonds is 6. The first-order valence-corrected chi connectivity index (χ1v) is 39.0. The Morgan fingerprint density at radius 2 is 0.531 bits per heavy atom. The van der Waals surface area contributed by atoms with Crippen LogP contribution >= 0.6 is 0 Å². The van der Waals surface area contributed by atoms with E-state index in [4.69, 9.17) is 0 Å². The van der Waals surface area contributed by atoms with Crippen LogP contribution in [-0.2, 0) is 10.8 Å². The van der Waals surface area contributed by atoms with Crippen molar-refractivity contribution in [3.63, 3.8) is 0 Å². The molecule has 2 aliphatic heterocycles. The van der Waals surface area contributed by atoms with Crippen molar-refractivity contribution in [2.75, 3.05) is 24.5 Å². The first-order chi connectivity index (χ1) is 55.1. The summed E-state index contributed by atoms with van der Waals surface area (Å²) >= 11 is 0. The van der Waals surface area contributed by atoms with Crippen LogP contribution in [0.1, 0.15) is 52.7 Å². The molecular weight excluding hydrogens is 1380 g/mol. The maximum atomic E-state index is 19.0. The number of benzene rings is 19. The molecule has 0 aliphatic carbocycles. The Labute approximate surface area is 656 Å². The number of nitrogens with zero attached hydrogens (tertiary/aromatic N) is 5. The molecule has 0 aromatic heterocycles. The van der Waals surface area contributed by atoms with Crippen LogP contribution in [0, 0.1) is 11.6 Å². The SMILES string of the molecule is CC(C)(C)c1cc2ccc3c4cc(c5ccc(c1)c2c35)N(c1ccc(-c2ccc(N3c5cccc(c5)N(c5ccccc5)c5cccc(c5)N(c5ccccc5F)c5cc3c3ccc6cc(C(C)(C)C)cc7ccc5c3c76)c(F)c2)cc1)c1cccc(c1)-c1ccccc1-c1ccccc1-c1cccc(c1)N4c1ccccc1. The van der Waals surface area contributed by atoms with Crippen LogP contribution in [0.3, 0.4) is 0 Å². The molecule has 19 aromatic rings. The normalized spacial score (nSPS) is 13.0. The maximum Gasteiger partial charge on any atom is 0.147 e. The number of para-hydroxylation sites is 3. The summed E-state index contributed by atoms with van der Waals surface area (Å²) in [4.78, 5) is 11.2. The van der Waals surface area contributed by atoms with Crippen molar-refractivity contribution in [3.05, 3.63) is 381 Å².